The summed E-state index contributed by atoms with van der Waals surface area (Å²) in [6, 6.07) is 18.2. The van der Waals surface area contributed by atoms with E-state index >= 15 is 0 Å². The quantitative estimate of drug-likeness (QED) is 0.251. The third-order valence-corrected chi connectivity index (χ3v) is 8.07. The van der Waals surface area contributed by atoms with E-state index in [4.69, 9.17) is 27.9 Å². The lowest BCUT2D eigenvalue weighted by Gasteiger charge is -2.37. The molecule has 0 aliphatic heterocycles. The summed E-state index contributed by atoms with van der Waals surface area (Å²) in [5, 5.41) is 16.0. The maximum absolute atomic E-state index is 13.6. The van der Waals surface area contributed by atoms with Gasteiger partial charge in [-0.15, -0.1) is 0 Å². The maximum Gasteiger partial charge on any atom is 0.326 e. The number of nitrogens with one attached hydrogen (secondary N) is 2. The van der Waals surface area contributed by atoms with Crippen LogP contribution in [0.15, 0.2) is 66.7 Å². The van der Waals surface area contributed by atoms with Crippen LogP contribution in [0.5, 0.6) is 5.75 Å². The van der Waals surface area contributed by atoms with Gasteiger partial charge in [0.05, 0.1) is 28.1 Å². The normalized spacial score (nSPS) is 15.1. The molecular formula is C31H32Cl2N2O5. The molecule has 1 unspecified atom stereocenters. The van der Waals surface area contributed by atoms with Crippen molar-refractivity contribution in [2.45, 2.75) is 51.0 Å². The number of hydrogen-bond donors (Lipinski definition) is 3. The number of aliphatic carboxylic acids is 1. The van der Waals surface area contributed by atoms with Crippen LogP contribution in [0.2, 0.25) is 10.0 Å². The van der Waals surface area contributed by atoms with Gasteiger partial charge in [0.25, 0.3) is 5.91 Å². The highest BCUT2D eigenvalue weighted by molar-refractivity contribution is 6.40. The molecule has 0 bridgehead atoms. The van der Waals surface area contributed by atoms with Crippen LogP contribution in [0, 0.1) is 5.41 Å². The van der Waals surface area contributed by atoms with Crippen molar-refractivity contribution < 1.29 is 24.2 Å². The molecule has 0 saturated heterocycles. The van der Waals surface area contributed by atoms with Gasteiger partial charge in [0.15, 0.2) is 0 Å². The van der Waals surface area contributed by atoms with Crippen LogP contribution in [-0.2, 0) is 22.4 Å². The van der Waals surface area contributed by atoms with Crippen molar-refractivity contribution in [3.8, 4) is 5.75 Å². The van der Waals surface area contributed by atoms with E-state index in [9.17, 15) is 19.5 Å². The van der Waals surface area contributed by atoms with Gasteiger partial charge in [-0.2, -0.15) is 0 Å². The van der Waals surface area contributed by atoms with Crippen molar-refractivity contribution in [1.82, 2.24) is 5.32 Å². The van der Waals surface area contributed by atoms with Gasteiger partial charge in [0.1, 0.15) is 11.8 Å². The van der Waals surface area contributed by atoms with Crippen molar-refractivity contribution in [2.75, 3.05) is 12.4 Å². The molecule has 0 spiro atoms. The summed E-state index contributed by atoms with van der Waals surface area (Å²) in [5.41, 5.74) is 1.74. The Hall–Kier alpha value is -3.55. The largest absolute Gasteiger partial charge is 0.497 e. The zero-order chi connectivity index (χ0) is 28.7. The molecule has 7 nitrogen and oxygen atoms in total. The molecule has 1 aliphatic carbocycles. The molecule has 0 aromatic heterocycles. The summed E-state index contributed by atoms with van der Waals surface area (Å²) < 4.78 is 5.25. The molecule has 210 valence electrons. The molecule has 40 heavy (non-hydrogen) atoms. The molecule has 3 aromatic carbocycles. The van der Waals surface area contributed by atoms with Gasteiger partial charge < -0.3 is 20.5 Å². The van der Waals surface area contributed by atoms with E-state index in [0.717, 1.165) is 30.6 Å². The number of hydrogen-bond acceptors (Lipinski definition) is 4. The minimum absolute atomic E-state index is 0.101. The topological polar surface area (TPSA) is 105 Å². The Morgan fingerprint density at radius 2 is 1.50 bits per heavy atom. The first-order valence-electron chi connectivity index (χ1n) is 13.2. The molecule has 1 aliphatic rings. The van der Waals surface area contributed by atoms with E-state index in [-0.39, 0.29) is 27.9 Å². The predicted molar refractivity (Wildman–Crippen MR) is 156 cm³/mol. The van der Waals surface area contributed by atoms with E-state index in [0.29, 0.717) is 30.5 Å². The number of amides is 2. The number of carboxylic acids is 1. The fraction of sp³-hybridized carbons (Fsp3) is 0.323. The Kier molecular flexibility index (Phi) is 9.71. The van der Waals surface area contributed by atoms with E-state index < -0.39 is 23.3 Å². The zero-order valence-corrected chi connectivity index (χ0v) is 23.7. The smallest absolute Gasteiger partial charge is 0.326 e. The van der Waals surface area contributed by atoms with E-state index in [1.54, 1.807) is 49.6 Å². The lowest BCUT2D eigenvalue weighted by molar-refractivity contribution is -0.144. The van der Waals surface area contributed by atoms with Crippen molar-refractivity contribution in [1.29, 1.82) is 0 Å². The average Bonchev–Trinajstić information content (AvgIpc) is 2.94. The summed E-state index contributed by atoms with van der Waals surface area (Å²) in [5.74, 6) is -1.03. The van der Waals surface area contributed by atoms with Gasteiger partial charge in [-0.05, 0) is 66.8 Å². The van der Waals surface area contributed by atoms with Crippen LogP contribution in [0.3, 0.4) is 0 Å². The average molecular weight is 584 g/mol. The maximum atomic E-state index is 13.6. The number of benzene rings is 3. The van der Waals surface area contributed by atoms with Gasteiger partial charge in [-0.25, -0.2) is 4.79 Å². The van der Waals surface area contributed by atoms with Gasteiger partial charge in [-0.1, -0.05) is 72.8 Å². The summed E-state index contributed by atoms with van der Waals surface area (Å²) in [6.07, 6.45) is 4.97. The van der Waals surface area contributed by atoms with E-state index in [1.807, 2.05) is 24.3 Å². The van der Waals surface area contributed by atoms with E-state index in [2.05, 4.69) is 10.6 Å². The highest BCUT2D eigenvalue weighted by Gasteiger charge is 2.41. The Morgan fingerprint density at radius 1 is 0.900 bits per heavy atom. The second kappa shape index (κ2) is 13.2. The third-order valence-electron chi connectivity index (χ3n) is 7.44. The van der Waals surface area contributed by atoms with Gasteiger partial charge in [0, 0.05) is 12.1 Å². The number of rotatable bonds is 10. The number of carbonyl (C=O) groups excluding carboxylic acids is 2. The Balaban J connectivity index is 1.44. The molecular weight excluding hydrogens is 551 g/mol. The lowest BCUT2D eigenvalue weighted by Crippen LogP contribution is -2.51. The van der Waals surface area contributed by atoms with Crippen LogP contribution in [0.4, 0.5) is 5.69 Å². The highest BCUT2D eigenvalue weighted by Crippen LogP contribution is 2.40. The number of anilines is 1. The molecule has 3 N–H and O–H groups in total. The van der Waals surface area contributed by atoms with Crippen LogP contribution in [0.25, 0.3) is 0 Å². The van der Waals surface area contributed by atoms with Crippen molar-refractivity contribution in [3.05, 3.63) is 93.5 Å². The van der Waals surface area contributed by atoms with Gasteiger partial charge >= 0.3 is 5.97 Å². The summed E-state index contributed by atoms with van der Waals surface area (Å²) in [6.45, 7) is 0. The fourth-order valence-corrected chi connectivity index (χ4v) is 5.80. The minimum Gasteiger partial charge on any atom is -0.497 e. The van der Waals surface area contributed by atoms with Gasteiger partial charge in [0.2, 0.25) is 5.91 Å². The summed E-state index contributed by atoms with van der Waals surface area (Å²) in [4.78, 5) is 38.5. The second-order valence-electron chi connectivity index (χ2n) is 10.2. The molecule has 2 amide bonds. The number of halogens is 2. The molecule has 1 fully saturated rings. The monoisotopic (exact) mass is 582 g/mol. The van der Waals surface area contributed by atoms with Crippen molar-refractivity contribution in [3.63, 3.8) is 0 Å². The molecule has 1 saturated carbocycles. The summed E-state index contributed by atoms with van der Waals surface area (Å²) in [7, 11) is 1.61. The molecule has 0 radical (unpaired) electrons. The SMILES string of the molecule is COc1ccc(CC2(C(=O)NC(Cc3ccc(NC(=O)c4c(Cl)cccc4Cl)cc3)C(=O)O)CCCCC2)cc1. The Morgan fingerprint density at radius 3 is 2.08 bits per heavy atom. The van der Waals surface area contributed by atoms with Crippen LogP contribution >= 0.6 is 23.2 Å². The third kappa shape index (κ3) is 7.14. The lowest BCUT2D eigenvalue weighted by atomic mass is 9.69. The highest BCUT2D eigenvalue weighted by atomic mass is 35.5. The van der Waals surface area contributed by atoms with Crippen molar-refractivity contribution >= 4 is 46.7 Å². The number of ether oxygens (including phenoxy) is 1. The molecule has 3 aromatic rings. The molecule has 1 atom stereocenters. The van der Waals surface area contributed by atoms with Crippen LogP contribution in [-0.4, -0.2) is 36.0 Å². The summed E-state index contributed by atoms with van der Waals surface area (Å²) >= 11 is 12.3. The van der Waals surface area contributed by atoms with Crippen LogP contribution in [0.1, 0.15) is 53.6 Å². The van der Waals surface area contributed by atoms with Crippen molar-refractivity contribution in [2.24, 2.45) is 5.41 Å². The zero-order valence-electron chi connectivity index (χ0n) is 22.2. The number of carbonyl (C=O) groups is 3. The standard InChI is InChI=1S/C31H32Cl2N2O5/c1-40-23-14-10-21(11-15-23)19-31(16-3-2-4-17-31)30(39)35-26(29(37)38)18-20-8-12-22(13-9-20)34-28(36)27-24(32)6-5-7-25(27)33/h5-15,26H,2-4,16-19H2,1H3,(H,34,36)(H,35,39)(H,37,38). The number of carboxylic acid groups (broad SMARTS) is 1. The Labute approximate surface area is 243 Å². The first-order chi connectivity index (χ1) is 19.2. The van der Waals surface area contributed by atoms with Crippen LogP contribution < -0.4 is 15.4 Å². The molecule has 9 heteroatoms. The second-order valence-corrected chi connectivity index (χ2v) is 11.0. The molecule has 4 rings (SSSR count). The molecule has 0 heterocycles. The predicted octanol–water partition coefficient (Wildman–Crippen LogP) is 6.56. The fourth-order valence-electron chi connectivity index (χ4n) is 5.23. The first-order valence-corrected chi connectivity index (χ1v) is 14.0. The first kappa shape index (κ1) is 29.4. The van der Waals surface area contributed by atoms with Gasteiger partial charge in [-0.3, -0.25) is 9.59 Å². The Bertz CT molecular complexity index is 1330. The van der Waals surface area contributed by atoms with E-state index in [1.165, 1.54) is 0 Å². The minimum atomic E-state index is -1.10. The number of methoxy groups -OCH3 is 1.